The number of aryl methyl sites for hydroxylation is 1. The second kappa shape index (κ2) is 4.64. The minimum absolute atomic E-state index is 0.348. The molecule has 0 aromatic carbocycles. The van der Waals surface area contributed by atoms with E-state index in [1.807, 2.05) is 13.8 Å². The number of hydrogen-bond acceptors (Lipinski definition) is 2. The lowest BCUT2D eigenvalue weighted by molar-refractivity contribution is -0.141. The van der Waals surface area contributed by atoms with Gasteiger partial charge >= 0.3 is 6.18 Å². The number of halogens is 3. The Kier molecular flexibility index (Phi) is 3.81. The van der Waals surface area contributed by atoms with Crippen LogP contribution < -0.4 is 5.73 Å². The Labute approximate surface area is 103 Å². The number of hydrogen-bond donors (Lipinski definition) is 1. The fraction of sp³-hybridized carbons (Fsp3) is 0.600. The number of alkyl halides is 3. The first kappa shape index (κ1) is 14.0. The van der Waals surface area contributed by atoms with E-state index >= 15 is 0 Å². The van der Waals surface area contributed by atoms with Gasteiger partial charge in [-0.3, -0.25) is 4.68 Å². The minimum atomic E-state index is -4.40. The van der Waals surface area contributed by atoms with Gasteiger partial charge in [-0.15, -0.1) is 0 Å². The zero-order valence-electron chi connectivity index (χ0n) is 9.58. The lowest BCUT2D eigenvalue weighted by atomic mass is 9.89. The highest BCUT2D eigenvalue weighted by atomic mass is 32.1. The van der Waals surface area contributed by atoms with Gasteiger partial charge in [0.1, 0.15) is 0 Å². The fourth-order valence-corrected chi connectivity index (χ4v) is 1.26. The van der Waals surface area contributed by atoms with Crippen molar-refractivity contribution in [1.82, 2.24) is 9.78 Å². The summed E-state index contributed by atoms with van der Waals surface area (Å²) in [7, 11) is 0. The average Bonchev–Trinajstić information content (AvgIpc) is 2.62. The highest BCUT2D eigenvalue weighted by Crippen LogP contribution is 2.27. The number of nitrogens with two attached hydrogens (primary N) is 1. The van der Waals surface area contributed by atoms with Gasteiger partial charge in [0.2, 0.25) is 0 Å². The van der Waals surface area contributed by atoms with Crippen molar-refractivity contribution in [3.63, 3.8) is 0 Å². The van der Waals surface area contributed by atoms with Crippen molar-refractivity contribution in [2.75, 3.05) is 0 Å². The smallest absolute Gasteiger partial charge is 0.393 e. The zero-order chi connectivity index (χ0) is 13.3. The molecule has 1 heterocycles. The van der Waals surface area contributed by atoms with Crippen LogP contribution in [0.25, 0.3) is 0 Å². The molecule has 3 nitrogen and oxygen atoms in total. The van der Waals surface area contributed by atoms with E-state index in [0.717, 1.165) is 6.07 Å². The first-order valence-corrected chi connectivity index (χ1v) is 5.44. The Morgan fingerprint density at radius 1 is 1.47 bits per heavy atom. The first-order valence-electron chi connectivity index (χ1n) is 5.03. The van der Waals surface area contributed by atoms with E-state index < -0.39 is 11.9 Å². The van der Waals surface area contributed by atoms with Crippen LogP contribution in [0.3, 0.4) is 0 Å². The summed E-state index contributed by atoms with van der Waals surface area (Å²) < 4.78 is 38.1. The number of rotatable bonds is 4. The Morgan fingerprint density at radius 2 is 2.06 bits per heavy atom. The summed E-state index contributed by atoms with van der Waals surface area (Å²) in [5.74, 6) is 0. The van der Waals surface area contributed by atoms with Crippen molar-refractivity contribution in [3.05, 3.63) is 18.0 Å². The molecule has 7 heteroatoms. The van der Waals surface area contributed by atoms with Crippen LogP contribution in [0.15, 0.2) is 12.3 Å². The quantitative estimate of drug-likeness (QED) is 0.851. The number of thiocarbonyl (C=S) groups is 1. The molecule has 0 aliphatic heterocycles. The van der Waals surface area contributed by atoms with Crippen LogP contribution >= 0.6 is 12.2 Å². The zero-order valence-corrected chi connectivity index (χ0v) is 10.4. The number of nitrogens with zero attached hydrogens (tertiary/aromatic N) is 2. The monoisotopic (exact) mass is 265 g/mol. The average molecular weight is 265 g/mol. The summed E-state index contributed by atoms with van der Waals surface area (Å²) in [6, 6.07) is 0.952. The largest absolute Gasteiger partial charge is 0.435 e. The maximum absolute atomic E-state index is 12.3. The lowest BCUT2D eigenvalue weighted by Crippen LogP contribution is -2.30. The molecule has 0 bridgehead atoms. The van der Waals surface area contributed by atoms with E-state index in [4.69, 9.17) is 18.0 Å². The Morgan fingerprint density at radius 3 is 2.47 bits per heavy atom. The van der Waals surface area contributed by atoms with Gasteiger partial charge in [-0.2, -0.15) is 18.3 Å². The van der Waals surface area contributed by atoms with Gasteiger partial charge in [0.25, 0.3) is 0 Å². The molecule has 0 aliphatic rings. The molecule has 17 heavy (non-hydrogen) atoms. The van der Waals surface area contributed by atoms with Crippen LogP contribution in [0.5, 0.6) is 0 Å². The van der Waals surface area contributed by atoms with Crippen molar-refractivity contribution in [2.45, 2.75) is 33.0 Å². The van der Waals surface area contributed by atoms with E-state index in [2.05, 4.69) is 5.10 Å². The standard InChI is InChI=1S/C10H14F3N3S/c1-9(2,8(14)17)4-6-16-5-3-7(15-16)10(11,12)13/h3,5H,4,6H2,1-2H3,(H2,14,17). The molecule has 0 aliphatic carbocycles. The van der Waals surface area contributed by atoms with Crippen molar-refractivity contribution in [1.29, 1.82) is 0 Å². The van der Waals surface area contributed by atoms with E-state index in [9.17, 15) is 13.2 Å². The summed E-state index contributed by atoms with van der Waals surface area (Å²) in [5.41, 5.74) is 4.26. The molecule has 0 atom stereocenters. The van der Waals surface area contributed by atoms with Gasteiger partial charge < -0.3 is 5.73 Å². The molecular formula is C10H14F3N3S. The molecule has 0 saturated heterocycles. The summed E-state index contributed by atoms with van der Waals surface area (Å²) in [4.78, 5) is 0.348. The molecule has 0 radical (unpaired) electrons. The van der Waals surface area contributed by atoms with Crippen LogP contribution in [-0.4, -0.2) is 14.8 Å². The first-order chi connectivity index (χ1) is 7.63. The van der Waals surface area contributed by atoms with Gasteiger partial charge in [-0.05, 0) is 12.5 Å². The van der Waals surface area contributed by atoms with Gasteiger partial charge in [0.15, 0.2) is 5.69 Å². The van der Waals surface area contributed by atoms with Crippen molar-refractivity contribution in [2.24, 2.45) is 11.1 Å². The topological polar surface area (TPSA) is 43.8 Å². The maximum atomic E-state index is 12.3. The lowest BCUT2D eigenvalue weighted by Gasteiger charge is -2.22. The number of aromatic nitrogens is 2. The molecule has 0 amide bonds. The SMILES string of the molecule is CC(C)(CCn1ccc(C(F)(F)F)n1)C(N)=S. The van der Waals surface area contributed by atoms with E-state index in [1.165, 1.54) is 10.9 Å². The third-order valence-electron chi connectivity index (χ3n) is 2.56. The van der Waals surface area contributed by atoms with E-state index in [0.29, 0.717) is 18.0 Å². The van der Waals surface area contributed by atoms with Crippen LogP contribution in [0.1, 0.15) is 26.0 Å². The molecule has 0 fully saturated rings. The van der Waals surface area contributed by atoms with Crippen LogP contribution in [0.4, 0.5) is 13.2 Å². The second-order valence-corrected chi connectivity index (χ2v) is 4.90. The molecule has 0 saturated carbocycles. The Bertz CT molecular complexity index is 409. The Hall–Kier alpha value is -1.11. The highest BCUT2D eigenvalue weighted by Gasteiger charge is 2.33. The van der Waals surface area contributed by atoms with Crippen molar-refractivity contribution in [3.8, 4) is 0 Å². The maximum Gasteiger partial charge on any atom is 0.435 e. The molecule has 0 spiro atoms. The Balaban J connectivity index is 2.66. The predicted molar refractivity (Wildman–Crippen MR) is 62.4 cm³/mol. The molecule has 1 aromatic rings. The third-order valence-corrected chi connectivity index (χ3v) is 3.12. The van der Waals surface area contributed by atoms with E-state index in [1.54, 1.807) is 0 Å². The van der Waals surface area contributed by atoms with Crippen LogP contribution in [-0.2, 0) is 12.7 Å². The molecule has 2 N–H and O–H groups in total. The van der Waals surface area contributed by atoms with Crippen LogP contribution in [0, 0.1) is 5.41 Å². The highest BCUT2D eigenvalue weighted by molar-refractivity contribution is 7.80. The fourth-order valence-electron chi connectivity index (χ4n) is 1.15. The normalized spacial score (nSPS) is 12.8. The summed E-state index contributed by atoms with van der Waals surface area (Å²) >= 11 is 4.88. The molecule has 0 unspecified atom stereocenters. The van der Waals surface area contributed by atoms with Crippen LogP contribution in [0.2, 0.25) is 0 Å². The third kappa shape index (κ3) is 3.69. The van der Waals surface area contributed by atoms with Gasteiger partial charge in [-0.1, -0.05) is 26.1 Å². The van der Waals surface area contributed by atoms with Gasteiger partial charge in [-0.25, -0.2) is 0 Å². The molecule has 96 valence electrons. The van der Waals surface area contributed by atoms with Crippen molar-refractivity contribution >= 4 is 17.2 Å². The van der Waals surface area contributed by atoms with Gasteiger partial charge in [0, 0.05) is 18.2 Å². The molecular weight excluding hydrogens is 251 g/mol. The van der Waals surface area contributed by atoms with E-state index in [-0.39, 0.29) is 5.41 Å². The molecule has 1 aromatic heterocycles. The van der Waals surface area contributed by atoms with Crippen molar-refractivity contribution < 1.29 is 13.2 Å². The summed E-state index contributed by atoms with van der Waals surface area (Å²) in [6.45, 7) is 4.05. The second-order valence-electron chi connectivity index (χ2n) is 4.46. The summed E-state index contributed by atoms with van der Waals surface area (Å²) in [6.07, 6.45) is -2.55. The van der Waals surface area contributed by atoms with Gasteiger partial charge in [0.05, 0.1) is 4.99 Å². The molecule has 1 rings (SSSR count). The summed E-state index contributed by atoms with van der Waals surface area (Å²) in [5, 5.41) is 3.45. The minimum Gasteiger partial charge on any atom is -0.393 e. The predicted octanol–water partition coefficient (Wildman–Crippen LogP) is 2.60.